The molecule has 102 valence electrons. The number of hydrogen-bond donors (Lipinski definition) is 2. The number of nitrogens with one attached hydrogen (secondary N) is 1. The predicted molar refractivity (Wildman–Crippen MR) is 72.5 cm³/mol. The summed E-state index contributed by atoms with van der Waals surface area (Å²) < 4.78 is 2.03. The fraction of sp³-hybridized carbons (Fsp3) is 0.667. The lowest BCUT2D eigenvalue weighted by molar-refractivity contribution is -0.122. The van der Waals surface area contributed by atoms with E-state index in [1.165, 1.54) is 25.7 Å². The first-order valence-corrected chi connectivity index (χ1v) is 6.24. The summed E-state index contributed by atoms with van der Waals surface area (Å²) in [4.78, 5) is 11.3. The van der Waals surface area contributed by atoms with Gasteiger partial charge in [-0.3, -0.25) is 9.48 Å². The molecular weight excluding hydrogens is 252 g/mol. The number of aromatic nitrogens is 2. The van der Waals surface area contributed by atoms with Gasteiger partial charge in [0.05, 0.1) is 24.3 Å². The maximum atomic E-state index is 11.3. The average molecular weight is 273 g/mol. The Hall–Kier alpha value is -1.07. The Morgan fingerprint density at radius 3 is 2.89 bits per heavy atom. The SMILES string of the molecule is CC(N)C(=O)NCc1ccn(C2CCCC2)n1.Cl. The van der Waals surface area contributed by atoms with E-state index in [1.807, 2.05) is 16.9 Å². The maximum Gasteiger partial charge on any atom is 0.236 e. The highest BCUT2D eigenvalue weighted by molar-refractivity contribution is 5.85. The average Bonchev–Trinajstić information content (AvgIpc) is 2.95. The van der Waals surface area contributed by atoms with Crippen LogP contribution in [0.15, 0.2) is 12.3 Å². The van der Waals surface area contributed by atoms with E-state index in [-0.39, 0.29) is 18.3 Å². The van der Waals surface area contributed by atoms with E-state index in [0.29, 0.717) is 12.6 Å². The molecule has 0 aromatic carbocycles. The Kier molecular flexibility index (Phi) is 5.62. The molecule has 0 spiro atoms. The molecule has 1 heterocycles. The molecule has 0 saturated heterocycles. The smallest absolute Gasteiger partial charge is 0.236 e. The summed E-state index contributed by atoms with van der Waals surface area (Å²) in [5.74, 6) is -0.139. The van der Waals surface area contributed by atoms with E-state index in [0.717, 1.165) is 5.69 Å². The van der Waals surface area contributed by atoms with Crippen LogP contribution < -0.4 is 11.1 Å². The molecule has 1 atom stereocenters. The largest absolute Gasteiger partial charge is 0.349 e. The predicted octanol–water partition coefficient (Wildman–Crippen LogP) is 1.38. The number of rotatable bonds is 4. The van der Waals surface area contributed by atoms with Crippen molar-refractivity contribution in [1.82, 2.24) is 15.1 Å². The quantitative estimate of drug-likeness (QED) is 0.870. The fourth-order valence-electron chi connectivity index (χ4n) is 2.18. The van der Waals surface area contributed by atoms with Gasteiger partial charge in [0.1, 0.15) is 0 Å². The van der Waals surface area contributed by atoms with Gasteiger partial charge >= 0.3 is 0 Å². The van der Waals surface area contributed by atoms with Gasteiger partial charge in [0, 0.05) is 6.20 Å². The molecule has 1 aromatic rings. The Labute approximate surface area is 114 Å². The van der Waals surface area contributed by atoms with Crippen molar-refractivity contribution in [2.75, 3.05) is 0 Å². The number of hydrogen-bond acceptors (Lipinski definition) is 3. The van der Waals surface area contributed by atoms with Crippen LogP contribution >= 0.6 is 12.4 Å². The second-order valence-electron chi connectivity index (χ2n) is 4.73. The molecule has 1 aromatic heterocycles. The van der Waals surface area contributed by atoms with E-state index < -0.39 is 6.04 Å². The summed E-state index contributed by atoms with van der Waals surface area (Å²) >= 11 is 0. The molecule has 2 rings (SSSR count). The summed E-state index contributed by atoms with van der Waals surface area (Å²) in [6.07, 6.45) is 7.02. The number of halogens is 1. The molecule has 1 aliphatic rings. The third-order valence-electron chi connectivity index (χ3n) is 3.22. The Bertz CT molecular complexity index is 385. The lowest BCUT2D eigenvalue weighted by Gasteiger charge is -2.09. The molecule has 1 aliphatic carbocycles. The van der Waals surface area contributed by atoms with Crippen LogP contribution in [0.5, 0.6) is 0 Å². The Balaban J connectivity index is 0.00000162. The Morgan fingerprint density at radius 1 is 1.61 bits per heavy atom. The van der Waals surface area contributed by atoms with Gasteiger partial charge in [-0.05, 0) is 25.8 Å². The van der Waals surface area contributed by atoms with Crippen LogP contribution in [0.25, 0.3) is 0 Å². The second kappa shape index (κ2) is 6.75. The normalized spacial score (nSPS) is 17.2. The van der Waals surface area contributed by atoms with Crippen molar-refractivity contribution in [1.29, 1.82) is 0 Å². The van der Waals surface area contributed by atoms with Crippen LogP contribution in [0.3, 0.4) is 0 Å². The van der Waals surface area contributed by atoms with Gasteiger partial charge in [-0.2, -0.15) is 5.10 Å². The lowest BCUT2D eigenvalue weighted by Crippen LogP contribution is -2.37. The van der Waals surface area contributed by atoms with Crippen molar-refractivity contribution >= 4 is 18.3 Å². The summed E-state index contributed by atoms with van der Waals surface area (Å²) in [7, 11) is 0. The molecule has 0 radical (unpaired) electrons. The van der Waals surface area contributed by atoms with Gasteiger partial charge in [0.15, 0.2) is 0 Å². The topological polar surface area (TPSA) is 72.9 Å². The third-order valence-corrected chi connectivity index (χ3v) is 3.22. The fourth-order valence-corrected chi connectivity index (χ4v) is 2.18. The van der Waals surface area contributed by atoms with Crippen molar-refractivity contribution in [3.05, 3.63) is 18.0 Å². The van der Waals surface area contributed by atoms with Crippen molar-refractivity contribution in [2.24, 2.45) is 5.73 Å². The zero-order chi connectivity index (χ0) is 12.3. The number of nitrogens with zero attached hydrogens (tertiary/aromatic N) is 2. The molecule has 1 fully saturated rings. The molecule has 0 bridgehead atoms. The summed E-state index contributed by atoms with van der Waals surface area (Å²) in [6.45, 7) is 2.13. The van der Waals surface area contributed by atoms with Crippen LogP contribution in [0, 0.1) is 0 Å². The van der Waals surface area contributed by atoms with Crippen molar-refractivity contribution in [2.45, 2.75) is 51.2 Å². The van der Waals surface area contributed by atoms with Crippen LogP contribution in [0.4, 0.5) is 0 Å². The maximum absolute atomic E-state index is 11.3. The summed E-state index contributed by atoms with van der Waals surface area (Å²) in [6, 6.07) is 2.04. The molecule has 3 N–H and O–H groups in total. The molecular formula is C12H21ClN4O. The standard InChI is InChI=1S/C12H20N4O.ClH/c1-9(13)12(17)14-8-10-6-7-16(15-10)11-4-2-3-5-11;/h6-7,9,11H,2-5,8,13H2,1H3,(H,14,17);1H. The summed E-state index contributed by atoms with van der Waals surface area (Å²) in [5.41, 5.74) is 6.36. The Morgan fingerprint density at radius 2 is 2.28 bits per heavy atom. The number of carbonyl (C=O) groups excluding carboxylic acids is 1. The highest BCUT2D eigenvalue weighted by Gasteiger charge is 2.17. The van der Waals surface area contributed by atoms with Crippen molar-refractivity contribution in [3.8, 4) is 0 Å². The minimum atomic E-state index is -0.466. The first-order valence-electron chi connectivity index (χ1n) is 6.24. The first-order chi connectivity index (χ1) is 8.16. The zero-order valence-electron chi connectivity index (χ0n) is 10.6. The number of amides is 1. The number of nitrogens with two attached hydrogens (primary N) is 1. The van der Waals surface area contributed by atoms with Crippen LogP contribution in [-0.4, -0.2) is 21.7 Å². The van der Waals surface area contributed by atoms with Crippen LogP contribution in [-0.2, 0) is 11.3 Å². The summed E-state index contributed by atoms with van der Waals surface area (Å²) in [5, 5.41) is 7.25. The van der Waals surface area contributed by atoms with Crippen LogP contribution in [0.2, 0.25) is 0 Å². The monoisotopic (exact) mass is 272 g/mol. The van der Waals surface area contributed by atoms with Gasteiger partial charge < -0.3 is 11.1 Å². The first kappa shape index (κ1) is 15.0. The third kappa shape index (κ3) is 3.71. The molecule has 0 aliphatic heterocycles. The molecule has 1 saturated carbocycles. The van der Waals surface area contributed by atoms with Gasteiger partial charge in [0.2, 0.25) is 5.91 Å². The highest BCUT2D eigenvalue weighted by Crippen LogP contribution is 2.28. The molecule has 18 heavy (non-hydrogen) atoms. The van der Waals surface area contributed by atoms with E-state index in [9.17, 15) is 4.79 Å². The van der Waals surface area contributed by atoms with Gasteiger partial charge in [-0.15, -0.1) is 12.4 Å². The minimum absolute atomic E-state index is 0. The van der Waals surface area contributed by atoms with Crippen LogP contribution in [0.1, 0.15) is 44.3 Å². The van der Waals surface area contributed by atoms with Gasteiger partial charge in [-0.25, -0.2) is 0 Å². The van der Waals surface area contributed by atoms with Crippen molar-refractivity contribution < 1.29 is 4.79 Å². The molecule has 6 heteroatoms. The van der Waals surface area contributed by atoms with Gasteiger partial charge in [0.25, 0.3) is 0 Å². The number of carbonyl (C=O) groups is 1. The van der Waals surface area contributed by atoms with E-state index >= 15 is 0 Å². The molecule has 1 unspecified atom stereocenters. The lowest BCUT2D eigenvalue weighted by atomic mass is 10.3. The second-order valence-corrected chi connectivity index (χ2v) is 4.73. The van der Waals surface area contributed by atoms with E-state index in [4.69, 9.17) is 5.73 Å². The minimum Gasteiger partial charge on any atom is -0.349 e. The van der Waals surface area contributed by atoms with E-state index in [1.54, 1.807) is 6.92 Å². The van der Waals surface area contributed by atoms with Crippen molar-refractivity contribution in [3.63, 3.8) is 0 Å². The zero-order valence-corrected chi connectivity index (χ0v) is 11.4. The van der Waals surface area contributed by atoms with Gasteiger partial charge in [-0.1, -0.05) is 12.8 Å². The molecule has 1 amide bonds. The van der Waals surface area contributed by atoms with E-state index in [2.05, 4.69) is 10.4 Å². The highest BCUT2D eigenvalue weighted by atomic mass is 35.5. The molecule has 5 nitrogen and oxygen atoms in total.